The fourth-order valence-electron chi connectivity index (χ4n) is 4.08. The van der Waals surface area contributed by atoms with Gasteiger partial charge in [0.1, 0.15) is 11.7 Å². The molecule has 2 N–H and O–H groups in total. The summed E-state index contributed by atoms with van der Waals surface area (Å²) in [6.45, 7) is 10.6. The van der Waals surface area contributed by atoms with Crippen LogP contribution in [0.1, 0.15) is 65.4 Å². The summed E-state index contributed by atoms with van der Waals surface area (Å²) in [4.78, 5) is 24.2. The minimum atomic E-state index is -1.30. The van der Waals surface area contributed by atoms with E-state index in [1.807, 2.05) is 19.1 Å². The van der Waals surface area contributed by atoms with E-state index in [9.17, 15) is 19.8 Å². The second-order valence-corrected chi connectivity index (χ2v) is 9.19. The number of aromatic hydroxyl groups is 1. The van der Waals surface area contributed by atoms with E-state index in [4.69, 9.17) is 0 Å². The number of benzene rings is 1. The van der Waals surface area contributed by atoms with Crippen molar-refractivity contribution in [1.29, 1.82) is 0 Å². The number of ketones is 1. The van der Waals surface area contributed by atoms with Gasteiger partial charge in [-0.05, 0) is 80.4 Å². The fraction of sp³-hybridized carbons (Fsp3) is 0.357. The minimum absolute atomic E-state index is 0.0229. The molecular weight excluding hydrogens is 400 g/mol. The molecule has 4 heteroatoms. The maximum absolute atomic E-state index is 12.6. The lowest BCUT2D eigenvalue weighted by atomic mass is 9.72. The number of phenolic OH excluding ortho intramolecular Hbond substituents is 1. The summed E-state index contributed by atoms with van der Waals surface area (Å²) in [5.74, 6) is -3.00. The Kier molecular flexibility index (Phi) is 8.59. The molecule has 0 amide bonds. The highest BCUT2D eigenvalue weighted by Gasteiger charge is 2.27. The third-order valence-electron chi connectivity index (χ3n) is 5.90. The Labute approximate surface area is 191 Å². The summed E-state index contributed by atoms with van der Waals surface area (Å²) in [6.07, 6.45) is 14.9. The van der Waals surface area contributed by atoms with Gasteiger partial charge in [0, 0.05) is 0 Å². The van der Waals surface area contributed by atoms with Crippen LogP contribution in [-0.2, 0) is 9.59 Å². The van der Waals surface area contributed by atoms with Gasteiger partial charge in [-0.2, -0.15) is 0 Å². The highest BCUT2D eigenvalue weighted by atomic mass is 16.4. The van der Waals surface area contributed by atoms with Gasteiger partial charge in [-0.1, -0.05) is 67.5 Å². The SMILES string of the molecule is CC1=C(/C=C/C(C)=C/C=C/C(C)=C/C(=O)C(C(=O)O)c2ccc(O)cc2)C(C)(C)CCC1. The van der Waals surface area contributed by atoms with E-state index in [1.165, 1.54) is 54.3 Å². The van der Waals surface area contributed by atoms with Crippen LogP contribution in [0.4, 0.5) is 0 Å². The summed E-state index contributed by atoms with van der Waals surface area (Å²) >= 11 is 0. The summed E-state index contributed by atoms with van der Waals surface area (Å²) in [5, 5.41) is 18.9. The highest BCUT2D eigenvalue weighted by Crippen LogP contribution is 2.40. The van der Waals surface area contributed by atoms with Crippen molar-refractivity contribution in [3.05, 3.63) is 88.6 Å². The lowest BCUT2D eigenvalue weighted by Gasteiger charge is -2.32. The largest absolute Gasteiger partial charge is 0.508 e. The first kappa shape index (κ1) is 25.1. The molecule has 0 heterocycles. The summed E-state index contributed by atoms with van der Waals surface area (Å²) in [5.41, 5.74) is 5.17. The molecule has 1 unspecified atom stereocenters. The number of hydrogen-bond donors (Lipinski definition) is 2. The number of hydrogen-bond acceptors (Lipinski definition) is 3. The normalized spacial score (nSPS) is 18.4. The summed E-state index contributed by atoms with van der Waals surface area (Å²) in [7, 11) is 0. The van der Waals surface area contributed by atoms with Gasteiger partial charge < -0.3 is 10.2 Å². The zero-order valence-electron chi connectivity index (χ0n) is 19.7. The zero-order chi connectivity index (χ0) is 23.9. The van der Waals surface area contributed by atoms with Crippen LogP contribution in [0.2, 0.25) is 0 Å². The average Bonchev–Trinajstić information content (AvgIpc) is 2.68. The number of allylic oxidation sites excluding steroid dienone is 10. The molecule has 0 saturated heterocycles. The molecule has 32 heavy (non-hydrogen) atoms. The van der Waals surface area contributed by atoms with Crippen LogP contribution in [0.25, 0.3) is 0 Å². The molecule has 1 aromatic rings. The molecule has 0 aromatic heterocycles. The van der Waals surface area contributed by atoms with Crippen molar-refractivity contribution in [3.63, 3.8) is 0 Å². The van der Waals surface area contributed by atoms with E-state index >= 15 is 0 Å². The summed E-state index contributed by atoms with van der Waals surface area (Å²) < 4.78 is 0. The van der Waals surface area contributed by atoms with Crippen LogP contribution in [0.15, 0.2) is 83.0 Å². The number of rotatable bonds is 8. The number of phenols is 1. The molecule has 1 aliphatic carbocycles. The van der Waals surface area contributed by atoms with Crippen LogP contribution in [0.3, 0.4) is 0 Å². The predicted octanol–water partition coefficient (Wildman–Crippen LogP) is 6.66. The van der Waals surface area contributed by atoms with Gasteiger partial charge in [-0.15, -0.1) is 0 Å². The number of carboxylic acids is 1. The monoisotopic (exact) mass is 434 g/mol. The lowest BCUT2D eigenvalue weighted by molar-refractivity contribution is -0.141. The highest BCUT2D eigenvalue weighted by molar-refractivity contribution is 6.09. The number of carboxylic acid groups (broad SMARTS) is 1. The molecule has 0 spiro atoms. The van der Waals surface area contributed by atoms with Gasteiger partial charge in [0.25, 0.3) is 0 Å². The van der Waals surface area contributed by atoms with Gasteiger partial charge in [-0.3, -0.25) is 9.59 Å². The van der Waals surface area contributed by atoms with Crippen LogP contribution in [-0.4, -0.2) is 22.0 Å². The first-order valence-corrected chi connectivity index (χ1v) is 11.0. The minimum Gasteiger partial charge on any atom is -0.508 e. The topological polar surface area (TPSA) is 74.6 Å². The van der Waals surface area contributed by atoms with Gasteiger partial charge in [0.15, 0.2) is 5.78 Å². The smallest absolute Gasteiger partial charge is 0.318 e. The standard InChI is InChI=1S/C28H34O4/c1-19(11-16-24-21(3)10-7-17-28(24,4)5)8-6-9-20(2)18-25(30)26(27(31)32)22-12-14-23(29)15-13-22/h6,8-9,11-16,18,26,29H,7,10,17H2,1-5H3,(H,31,32)/b9-6+,16-11+,19-8+,20-18+. The van der Waals surface area contributed by atoms with Crippen molar-refractivity contribution >= 4 is 11.8 Å². The number of carbonyl (C=O) groups is 2. The Bertz CT molecular complexity index is 998. The quantitative estimate of drug-likeness (QED) is 0.272. The van der Waals surface area contributed by atoms with Crippen molar-refractivity contribution in [2.24, 2.45) is 5.41 Å². The molecule has 170 valence electrons. The summed E-state index contributed by atoms with van der Waals surface area (Å²) in [6, 6.07) is 5.66. The maximum Gasteiger partial charge on any atom is 0.318 e. The molecule has 1 aliphatic rings. The van der Waals surface area contributed by atoms with Gasteiger partial charge in [-0.25, -0.2) is 0 Å². The Morgan fingerprint density at radius 1 is 1.06 bits per heavy atom. The molecule has 0 saturated carbocycles. The molecule has 0 radical (unpaired) electrons. The first-order valence-electron chi connectivity index (χ1n) is 11.0. The van der Waals surface area contributed by atoms with Gasteiger partial charge in [0.05, 0.1) is 0 Å². The zero-order valence-corrected chi connectivity index (χ0v) is 19.7. The third kappa shape index (κ3) is 6.94. The molecular formula is C28H34O4. The second-order valence-electron chi connectivity index (χ2n) is 9.19. The van der Waals surface area contributed by atoms with Crippen molar-refractivity contribution in [3.8, 4) is 5.75 Å². The van der Waals surface area contributed by atoms with E-state index < -0.39 is 17.7 Å². The van der Waals surface area contributed by atoms with E-state index in [0.717, 1.165) is 12.0 Å². The molecule has 0 aliphatic heterocycles. The average molecular weight is 435 g/mol. The lowest BCUT2D eigenvalue weighted by Crippen LogP contribution is -2.20. The molecule has 4 nitrogen and oxygen atoms in total. The van der Waals surface area contributed by atoms with Crippen molar-refractivity contribution < 1.29 is 19.8 Å². The van der Waals surface area contributed by atoms with E-state index in [2.05, 4.69) is 32.9 Å². The third-order valence-corrected chi connectivity index (χ3v) is 5.90. The first-order chi connectivity index (χ1) is 15.0. The van der Waals surface area contributed by atoms with Gasteiger partial charge in [0.2, 0.25) is 0 Å². The van der Waals surface area contributed by atoms with Crippen molar-refractivity contribution in [1.82, 2.24) is 0 Å². The van der Waals surface area contributed by atoms with Crippen LogP contribution >= 0.6 is 0 Å². The van der Waals surface area contributed by atoms with Crippen LogP contribution < -0.4 is 0 Å². The number of aliphatic carboxylic acids is 1. The second kappa shape index (κ2) is 10.9. The van der Waals surface area contributed by atoms with E-state index in [0.29, 0.717) is 11.1 Å². The molecule has 1 aromatic carbocycles. The molecule has 0 bridgehead atoms. The van der Waals surface area contributed by atoms with Gasteiger partial charge >= 0.3 is 5.97 Å². The van der Waals surface area contributed by atoms with Crippen molar-refractivity contribution in [2.45, 2.75) is 59.8 Å². The number of carbonyl (C=O) groups excluding carboxylic acids is 1. The van der Waals surface area contributed by atoms with E-state index in [1.54, 1.807) is 13.0 Å². The molecule has 2 rings (SSSR count). The molecule has 1 atom stereocenters. The molecule has 0 fully saturated rings. The Balaban J connectivity index is 2.09. The van der Waals surface area contributed by atoms with E-state index in [-0.39, 0.29) is 11.2 Å². The Morgan fingerprint density at radius 2 is 1.72 bits per heavy atom. The maximum atomic E-state index is 12.6. The Morgan fingerprint density at radius 3 is 2.31 bits per heavy atom. The Hall–Kier alpha value is -3.14. The van der Waals surface area contributed by atoms with Crippen LogP contribution in [0.5, 0.6) is 5.75 Å². The fourth-order valence-corrected chi connectivity index (χ4v) is 4.08. The van der Waals surface area contributed by atoms with Crippen LogP contribution in [0, 0.1) is 5.41 Å². The van der Waals surface area contributed by atoms with Crippen molar-refractivity contribution in [2.75, 3.05) is 0 Å². The predicted molar refractivity (Wildman–Crippen MR) is 130 cm³/mol.